The number of esters is 1. The van der Waals surface area contributed by atoms with Gasteiger partial charge in [0.1, 0.15) is 0 Å². The van der Waals surface area contributed by atoms with Gasteiger partial charge in [-0.3, -0.25) is 14.5 Å². The second-order valence-electron chi connectivity index (χ2n) is 9.97. The van der Waals surface area contributed by atoms with Gasteiger partial charge in [0.05, 0.1) is 49.4 Å². The number of morpholine rings is 1. The van der Waals surface area contributed by atoms with E-state index < -0.39 is 5.97 Å². The molecule has 1 fully saturated rings. The van der Waals surface area contributed by atoms with E-state index in [-0.39, 0.29) is 11.8 Å². The van der Waals surface area contributed by atoms with Crippen LogP contribution in [0.5, 0.6) is 0 Å². The lowest BCUT2D eigenvalue weighted by molar-refractivity contribution is -0.120. The summed E-state index contributed by atoms with van der Waals surface area (Å²) in [5.41, 5.74) is 6.44. The van der Waals surface area contributed by atoms with Gasteiger partial charge in [0, 0.05) is 36.6 Å². The molecular formula is C31H30N4O5. The topological polar surface area (TPSA) is 100 Å². The fourth-order valence-corrected chi connectivity index (χ4v) is 5.47. The Labute approximate surface area is 232 Å². The highest BCUT2D eigenvalue weighted by Gasteiger charge is 2.30. The number of fused-ring (bicyclic) bond motifs is 2. The molecular weight excluding hydrogens is 508 g/mol. The third kappa shape index (κ3) is 4.97. The molecule has 40 heavy (non-hydrogen) atoms. The smallest absolute Gasteiger partial charge is 0.337 e. The molecule has 9 heteroatoms. The molecule has 1 saturated heterocycles. The first kappa shape index (κ1) is 25.8. The Kier molecular flexibility index (Phi) is 7.06. The van der Waals surface area contributed by atoms with Gasteiger partial charge in [-0.15, -0.1) is 0 Å². The first-order valence-electron chi connectivity index (χ1n) is 13.4. The third-order valence-corrected chi connectivity index (χ3v) is 7.51. The molecule has 0 saturated carbocycles. The molecule has 0 spiro atoms. The zero-order chi connectivity index (χ0) is 27.6. The van der Waals surface area contributed by atoms with Crippen LogP contribution < -0.4 is 15.5 Å². The molecule has 9 nitrogen and oxygen atoms in total. The summed E-state index contributed by atoms with van der Waals surface area (Å²) >= 11 is 0. The fourth-order valence-electron chi connectivity index (χ4n) is 5.47. The number of benzene rings is 3. The molecule has 6 rings (SSSR count). The summed E-state index contributed by atoms with van der Waals surface area (Å²) in [4.78, 5) is 42.4. The van der Waals surface area contributed by atoms with Gasteiger partial charge in [-0.1, -0.05) is 36.4 Å². The van der Waals surface area contributed by atoms with Crippen molar-refractivity contribution >= 4 is 46.1 Å². The van der Waals surface area contributed by atoms with Crippen molar-refractivity contribution in [1.29, 1.82) is 0 Å². The van der Waals surface area contributed by atoms with Crippen LogP contribution in [0.15, 0.2) is 66.7 Å². The van der Waals surface area contributed by atoms with Crippen molar-refractivity contribution < 1.29 is 23.9 Å². The maximum absolute atomic E-state index is 13.3. The van der Waals surface area contributed by atoms with Crippen LogP contribution in [0.2, 0.25) is 0 Å². The van der Waals surface area contributed by atoms with Gasteiger partial charge in [-0.05, 0) is 47.9 Å². The first-order chi connectivity index (χ1) is 19.5. The SMILES string of the molecule is COC(=O)c1ccc2c(c1)NC(=O)/C2=C(\Nc1ccc2c(c1)CCN2C(=O)CN1CCOCC1)c1ccccc1. The number of rotatable bonds is 6. The van der Waals surface area contributed by atoms with Crippen molar-refractivity contribution in [2.45, 2.75) is 6.42 Å². The predicted molar refractivity (Wildman–Crippen MR) is 153 cm³/mol. The maximum Gasteiger partial charge on any atom is 0.337 e. The number of methoxy groups -OCH3 is 1. The number of anilines is 3. The van der Waals surface area contributed by atoms with E-state index >= 15 is 0 Å². The van der Waals surface area contributed by atoms with Crippen molar-refractivity contribution in [3.05, 3.63) is 89.0 Å². The zero-order valence-electron chi connectivity index (χ0n) is 22.2. The van der Waals surface area contributed by atoms with Crippen LogP contribution in [0.4, 0.5) is 17.1 Å². The minimum absolute atomic E-state index is 0.0963. The van der Waals surface area contributed by atoms with Crippen molar-refractivity contribution in [2.24, 2.45) is 0 Å². The lowest BCUT2D eigenvalue weighted by atomic mass is 9.99. The van der Waals surface area contributed by atoms with Crippen LogP contribution in [-0.2, 0) is 25.5 Å². The zero-order valence-corrected chi connectivity index (χ0v) is 22.2. The minimum Gasteiger partial charge on any atom is -0.465 e. The van der Waals surface area contributed by atoms with Gasteiger partial charge >= 0.3 is 5.97 Å². The van der Waals surface area contributed by atoms with Gasteiger partial charge in [0.2, 0.25) is 5.91 Å². The Morgan fingerprint density at radius 3 is 2.55 bits per heavy atom. The molecule has 3 heterocycles. The standard InChI is InChI=1S/C31H30N4O5/c1-39-31(38)22-7-9-24-25(18-22)33-30(37)28(24)29(20-5-3-2-4-6-20)32-23-8-10-26-21(17-23)11-12-35(26)27(36)19-34-13-15-40-16-14-34/h2-10,17-18,32H,11-16,19H2,1H3,(H,33,37)/b29-28-. The van der Waals surface area contributed by atoms with Gasteiger partial charge in [-0.25, -0.2) is 4.79 Å². The molecule has 0 aliphatic carbocycles. The quantitative estimate of drug-likeness (QED) is 0.365. The Hall–Kier alpha value is -4.47. The van der Waals surface area contributed by atoms with Gasteiger partial charge in [-0.2, -0.15) is 0 Å². The van der Waals surface area contributed by atoms with E-state index in [2.05, 4.69) is 21.6 Å². The van der Waals surface area contributed by atoms with E-state index in [1.807, 2.05) is 47.4 Å². The summed E-state index contributed by atoms with van der Waals surface area (Å²) in [6, 6.07) is 20.7. The van der Waals surface area contributed by atoms with Gasteiger partial charge in [0.25, 0.3) is 5.91 Å². The summed E-state index contributed by atoms with van der Waals surface area (Å²) in [6.07, 6.45) is 0.760. The van der Waals surface area contributed by atoms with E-state index in [1.54, 1.807) is 18.2 Å². The molecule has 0 atom stereocenters. The van der Waals surface area contributed by atoms with Crippen molar-refractivity contribution in [3.8, 4) is 0 Å². The number of hydrogen-bond acceptors (Lipinski definition) is 7. The summed E-state index contributed by atoms with van der Waals surface area (Å²) in [5, 5.41) is 6.39. The minimum atomic E-state index is -0.466. The van der Waals surface area contributed by atoms with E-state index in [4.69, 9.17) is 9.47 Å². The molecule has 0 radical (unpaired) electrons. The number of hydrogen-bond donors (Lipinski definition) is 2. The second-order valence-corrected chi connectivity index (χ2v) is 9.97. The number of amides is 2. The third-order valence-electron chi connectivity index (χ3n) is 7.51. The van der Waals surface area contributed by atoms with Crippen LogP contribution in [0.3, 0.4) is 0 Å². The molecule has 0 bridgehead atoms. The molecule has 2 amide bonds. The molecule has 0 unspecified atom stereocenters. The Morgan fingerprint density at radius 2 is 1.77 bits per heavy atom. The van der Waals surface area contributed by atoms with Crippen LogP contribution in [0, 0.1) is 0 Å². The lowest BCUT2D eigenvalue weighted by Crippen LogP contribution is -2.44. The summed E-state index contributed by atoms with van der Waals surface area (Å²) in [6.45, 7) is 3.90. The van der Waals surface area contributed by atoms with Crippen LogP contribution in [0.25, 0.3) is 11.3 Å². The fraction of sp³-hybridized carbons (Fsp3) is 0.258. The first-order valence-corrected chi connectivity index (χ1v) is 13.4. The molecule has 3 aromatic carbocycles. The van der Waals surface area contributed by atoms with E-state index in [0.29, 0.717) is 54.4 Å². The normalized spacial score (nSPS) is 17.6. The molecule has 0 aromatic heterocycles. The number of ether oxygens (including phenoxy) is 2. The Bertz CT molecular complexity index is 1510. The predicted octanol–water partition coefficient (Wildman–Crippen LogP) is 3.63. The largest absolute Gasteiger partial charge is 0.465 e. The lowest BCUT2D eigenvalue weighted by Gasteiger charge is -2.28. The Morgan fingerprint density at radius 1 is 0.975 bits per heavy atom. The van der Waals surface area contributed by atoms with E-state index in [9.17, 15) is 14.4 Å². The maximum atomic E-state index is 13.3. The number of carbonyl (C=O) groups excluding carboxylic acids is 3. The van der Waals surface area contributed by atoms with Crippen molar-refractivity contribution in [1.82, 2.24) is 4.90 Å². The van der Waals surface area contributed by atoms with Crippen LogP contribution in [-0.4, -0.2) is 69.2 Å². The monoisotopic (exact) mass is 538 g/mol. The highest BCUT2D eigenvalue weighted by Crippen LogP contribution is 2.39. The average Bonchev–Trinajstić information content (AvgIpc) is 3.56. The van der Waals surface area contributed by atoms with E-state index in [1.165, 1.54) is 7.11 Å². The molecule has 2 N–H and O–H groups in total. The number of nitrogens with one attached hydrogen (secondary N) is 2. The van der Waals surface area contributed by atoms with Crippen molar-refractivity contribution in [3.63, 3.8) is 0 Å². The highest BCUT2D eigenvalue weighted by molar-refractivity contribution is 6.37. The van der Waals surface area contributed by atoms with Gasteiger partial charge < -0.3 is 25.0 Å². The van der Waals surface area contributed by atoms with Crippen LogP contribution >= 0.6 is 0 Å². The Balaban J connectivity index is 1.31. The average molecular weight is 539 g/mol. The molecule has 204 valence electrons. The van der Waals surface area contributed by atoms with Crippen LogP contribution in [0.1, 0.15) is 27.0 Å². The van der Waals surface area contributed by atoms with Gasteiger partial charge in [0.15, 0.2) is 0 Å². The molecule has 3 aliphatic rings. The molecule has 3 aliphatic heterocycles. The number of carbonyl (C=O) groups is 3. The summed E-state index contributed by atoms with van der Waals surface area (Å²) < 4.78 is 10.2. The highest BCUT2D eigenvalue weighted by atomic mass is 16.5. The summed E-state index contributed by atoms with van der Waals surface area (Å²) in [7, 11) is 1.33. The van der Waals surface area contributed by atoms with Crippen molar-refractivity contribution in [2.75, 3.05) is 62.0 Å². The summed E-state index contributed by atoms with van der Waals surface area (Å²) in [5.74, 6) is -0.630. The molecule has 3 aromatic rings. The second kappa shape index (κ2) is 11.0. The van der Waals surface area contributed by atoms with E-state index in [0.717, 1.165) is 42.0 Å². The number of nitrogens with zero attached hydrogens (tertiary/aromatic N) is 2.